The number of carbonyl (C=O) groups excluding carboxylic acids is 1. The first-order chi connectivity index (χ1) is 11.4. The summed E-state index contributed by atoms with van der Waals surface area (Å²) in [6.07, 6.45) is 3.11. The second kappa shape index (κ2) is 5.99. The maximum atomic E-state index is 12.6. The predicted molar refractivity (Wildman–Crippen MR) is 83.3 cm³/mol. The minimum Gasteiger partial charge on any atom is -0.429 e. The molecule has 0 aromatic heterocycles. The van der Waals surface area contributed by atoms with Crippen LogP contribution in [0.5, 0.6) is 0 Å². The standard InChI is InChI=1S/C15H16N2O6S/c1-2-5-10-8-13(23-15(10)18)12-9-16(12)24(21,22)14-7-4-3-6-11(14)17(19)20/h3-4,6-8,10,12H,2,5,9H2,1H3/t10-,12?,16?/m1/s1. The van der Waals surface area contributed by atoms with Crippen molar-refractivity contribution in [2.24, 2.45) is 5.92 Å². The van der Waals surface area contributed by atoms with Crippen molar-refractivity contribution in [2.75, 3.05) is 6.54 Å². The van der Waals surface area contributed by atoms with Crippen LogP contribution in [0.3, 0.4) is 0 Å². The van der Waals surface area contributed by atoms with Crippen LogP contribution in [-0.4, -0.2) is 36.2 Å². The van der Waals surface area contributed by atoms with Crippen molar-refractivity contribution in [2.45, 2.75) is 30.7 Å². The van der Waals surface area contributed by atoms with Gasteiger partial charge in [-0.25, -0.2) is 8.42 Å². The number of esters is 1. The van der Waals surface area contributed by atoms with Crippen molar-refractivity contribution in [3.8, 4) is 0 Å². The lowest BCUT2D eigenvalue weighted by Gasteiger charge is -2.07. The molecule has 8 nitrogen and oxygen atoms in total. The van der Waals surface area contributed by atoms with Crippen LogP contribution >= 0.6 is 0 Å². The van der Waals surface area contributed by atoms with E-state index in [0.29, 0.717) is 12.2 Å². The van der Waals surface area contributed by atoms with E-state index in [1.54, 1.807) is 6.08 Å². The Morgan fingerprint density at radius 1 is 1.38 bits per heavy atom. The fourth-order valence-electron chi connectivity index (χ4n) is 2.76. The highest BCUT2D eigenvalue weighted by Crippen LogP contribution is 2.39. The van der Waals surface area contributed by atoms with Gasteiger partial charge in [0.2, 0.25) is 0 Å². The molecular formula is C15H16N2O6S. The molecule has 2 aliphatic rings. The molecule has 0 spiro atoms. The van der Waals surface area contributed by atoms with E-state index in [1.165, 1.54) is 18.2 Å². The summed E-state index contributed by atoms with van der Waals surface area (Å²) in [5.74, 6) is -0.399. The van der Waals surface area contributed by atoms with E-state index in [9.17, 15) is 23.3 Å². The van der Waals surface area contributed by atoms with E-state index in [0.717, 1.165) is 16.8 Å². The number of carbonyl (C=O) groups is 1. The maximum Gasteiger partial charge on any atom is 0.318 e. The van der Waals surface area contributed by atoms with Gasteiger partial charge in [-0.15, -0.1) is 0 Å². The first kappa shape index (κ1) is 16.6. The minimum absolute atomic E-state index is 0.145. The van der Waals surface area contributed by atoms with Crippen molar-refractivity contribution in [3.63, 3.8) is 0 Å². The topological polar surface area (TPSA) is 107 Å². The molecular weight excluding hydrogens is 336 g/mol. The lowest BCUT2D eigenvalue weighted by Crippen LogP contribution is -2.17. The zero-order valence-electron chi connectivity index (χ0n) is 12.9. The van der Waals surface area contributed by atoms with Gasteiger partial charge in [0.1, 0.15) is 5.76 Å². The molecule has 0 radical (unpaired) electrons. The molecule has 0 amide bonds. The molecule has 2 unspecified atom stereocenters. The lowest BCUT2D eigenvalue weighted by molar-refractivity contribution is -0.387. The van der Waals surface area contributed by atoms with E-state index in [4.69, 9.17) is 4.74 Å². The number of ether oxygens (including phenoxy) is 1. The number of cyclic esters (lactones) is 1. The summed E-state index contributed by atoms with van der Waals surface area (Å²) in [5, 5.41) is 11.0. The SMILES string of the molecule is CCC[C@@H]1C=C(C2CN2S(=O)(=O)c2ccccc2[N+](=O)[O-])OC1=O. The van der Waals surface area contributed by atoms with E-state index < -0.39 is 26.7 Å². The van der Waals surface area contributed by atoms with Gasteiger partial charge in [-0.3, -0.25) is 14.9 Å². The highest BCUT2D eigenvalue weighted by Gasteiger charge is 2.51. The molecule has 0 aliphatic carbocycles. The Morgan fingerprint density at radius 2 is 2.08 bits per heavy atom. The summed E-state index contributed by atoms with van der Waals surface area (Å²) >= 11 is 0. The monoisotopic (exact) mass is 352 g/mol. The van der Waals surface area contributed by atoms with Gasteiger partial charge in [-0.2, -0.15) is 4.31 Å². The Morgan fingerprint density at radius 3 is 2.75 bits per heavy atom. The lowest BCUT2D eigenvalue weighted by atomic mass is 10.0. The van der Waals surface area contributed by atoms with Crippen molar-refractivity contribution in [3.05, 3.63) is 46.2 Å². The normalized spacial score (nSPS) is 26.0. The Labute approximate surface area is 138 Å². The van der Waals surface area contributed by atoms with Gasteiger partial charge in [0.25, 0.3) is 15.7 Å². The van der Waals surface area contributed by atoms with Crippen molar-refractivity contribution in [1.29, 1.82) is 0 Å². The van der Waals surface area contributed by atoms with Gasteiger partial charge < -0.3 is 4.74 Å². The molecule has 0 saturated carbocycles. The summed E-state index contributed by atoms with van der Waals surface area (Å²) in [6.45, 7) is 2.09. The molecule has 1 fully saturated rings. The fraction of sp³-hybridized carbons (Fsp3) is 0.400. The predicted octanol–water partition coefficient (Wildman–Crippen LogP) is 1.82. The average Bonchev–Trinajstić information content (AvgIpc) is 3.28. The Balaban J connectivity index is 1.84. The number of benzene rings is 1. The molecule has 1 saturated heterocycles. The van der Waals surface area contributed by atoms with Crippen molar-refractivity contribution < 1.29 is 22.9 Å². The number of hydrogen-bond acceptors (Lipinski definition) is 6. The Hall–Kier alpha value is -2.26. The molecule has 0 N–H and O–H groups in total. The third-order valence-electron chi connectivity index (χ3n) is 4.03. The van der Waals surface area contributed by atoms with Gasteiger partial charge in [0, 0.05) is 12.6 Å². The number of nitro groups is 1. The van der Waals surface area contributed by atoms with Crippen LogP contribution in [0.4, 0.5) is 5.69 Å². The van der Waals surface area contributed by atoms with Crippen LogP contribution in [0.25, 0.3) is 0 Å². The maximum absolute atomic E-state index is 12.6. The van der Waals surface area contributed by atoms with Crippen LogP contribution in [0.2, 0.25) is 0 Å². The number of nitro benzene ring substituents is 1. The number of rotatable bonds is 6. The molecule has 1 aromatic carbocycles. The molecule has 24 heavy (non-hydrogen) atoms. The molecule has 9 heteroatoms. The van der Waals surface area contributed by atoms with Gasteiger partial charge in [0.05, 0.1) is 16.9 Å². The summed E-state index contributed by atoms with van der Waals surface area (Å²) in [7, 11) is -4.02. The quantitative estimate of drug-likeness (QED) is 0.334. The Kier molecular flexibility index (Phi) is 4.14. The van der Waals surface area contributed by atoms with E-state index in [1.807, 2.05) is 6.92 Å². The van der Waals surface area contributed by atoms with Gasteiger partial charge >= 0.3 is 5.97 Å². The fourth-order valence-corrected chi connectivity index (χ4v) is 4.44. The first-order valence-corrected chi connectivity index (χ1v) is 8.99. The number of hydrogen-bond donors (Lipinski definition) is 0. The third-order valence-corrected chi connectivity index (χ3v) is 5.95. The summed E-state index contributed by atoms with van der Waals surface area (Å²) in [6, 6.07) is 4.63. The summed E-state index contributed by atoms with van der Waals surface area (Å²) in [5.41, 5.74) is -0.468. The summed E-state index contributed by atoms with van der Waals surface area (Å²) < 4.78 is 31.5. The van der Waals surface area contributed by atoms with Crippen LogP contribution in [0, 0.1) is 16.0 Å². The highest BCUT2D eigenvalue weighted by molar-refractivity contribution is 7.89. The summed E-state index contributed by atoms with van der Waals surface area (Å²) in [4.78, 5) is 21.7. The molecule has 3 rings (SSSR count). The second-order valence-electron chi connectivity index (χ2n) is 5.70. The highest BCUT2D eigenvalue weighted by atomic mass is 32.2. The van der Waals surface area contributed by atoms with Crippen molar-refractivity contribution in [1.82, 2.24) is 4.31 Å². The van der Waals surface area contributed by atoms with E-state index in [2.05, 4.69) is 0 Å². The smallest absolute Gasteiger partial charge is 0.318 e. The molecule has 1 aromatic rings. The van der Waals surface area contributed by atoms with E-state index in [-0.39, 0.29) is 23.3 Å². The number of para-hydroxylation sites is 1. The average molecular weight is 352 g/mol. The Bertz CT molecular complexity index is 832. The van der Waals surface area contributed by atoms with Crippen molar-refractivity contribution >= 4 is 21.7 Å². The largest absolute Gasteiger partial charge is 0.429 e. The number of sulfonamides is 1. The molecule has 2 heterocycles. The first-order valence-electron chi connectivity index (χ1n) is 7.55. The van der Waals surface area contributed by atoms with Crippen LogP contribution in [-0.2, 0) is 19.6 Å². The van der Waals surface area contributed by atoms with Crippen LogP contribution in [0.1, 0.15) is 19.8 Å². The van der Waals surface area contributed by atoms with Gasteiger partial charge in [-0.1, -0.05) is 25.5 Å². The van der Waals surface area contributed by atoms with E-state index >= 15 is 0 Å². The third kappa shape index (κ3) is 2.80. The molecule has 0 bridgehead atoms. The van der Waals surface area contributed by atoms with Crippen LogP contribution < -0.4 is 0 Å². The van der Waals surface area contributed by atoms with Gasteiger partial charge in [0.15, 0.2) is 4.90 Å². The minimum atomic E-state index is -4.02. The molecule has 3 atom stereocenters. The molecule has 2 aliphatic heterocycles. The van der Waals surface area contributed by atoms with Crippen LogP contribution in [0.15, 0.2) is 41.0 Å². The number of nitrogens with zero attached hydrogens (tertiary/aromatic N) is 2. The zero-order chi connectivity index (χ0) is 17.5. The molecule has 128 valence electrons. The van der Waals surface area contributed by atoms with Gasteiger partial charge in [-0.05, 0) is 18.6 Å². The second-order valence-corrected chi connectivity index (χ2v) is 7.56. The zero-order valence-corrected chi connectivity index (χ0v) is 13.7.